The Bertz CT molecular complexity index is 374. The molecule has 1 aliphatic rings. The van der Waals surface area contributed by atoms with E-state index in [1.54, 1.807) is 0 Å². The fourth-order valence-corrected chi connectivity index (χ4v) is 1.86. The van der Waals surface area contributed by atoms with E-state index in [0.29, 0.717) is 6.61 Å². The molecule has 0 atom stereocenters. The van der Waals surface area contributed by atoms with Crippen molar-refractivity contribution >= 4 is 11.4 Å². The number of nitrogens with one attached hydrogen (secondary N) is 2. The van der Waals surface area contributed by atoms with Crippen molar-refractivity contribution in [2.75, 3.05) is 30.3 Å². The van der Waals surface area contributed by atoms with Crippen LogP contribution in [-0.4, -0.2) is 19.7 Å². The molecule has 88 valence electrons. The normalized spacial score (nSPS) is 17.7. The summed E-state index contributed by atoms with van der Waals surface area (Å²) in [6.07, 6.45) is 0. The third kappa shape index (κ3) is 2.23. The van der Waals surface area contributed by atoms with Crippen molar-refractivity contribution in [1.29, 1.82) is 0 Å². The highest BCUT2D eigenvalue weighted by molar-refractivity contribution is 5.76. The summed E-state index contributed by atoms with van der Waals surface area (Å²) >= 11 is 0. The monoisotopic (exact) mass is 220 g/mol. The van der Waals surface area contributed by atoms with Crippen molar-refractivity contribution in [3.05, 3.63) is 18.2 Å². The number of anilines is 2. The molecule has 0 spiro atoms. The molecule has 0 unspecified atom stereocenters. The molecular weight excluding hydrogens is 200 g/mol. The Morgan fingerprint density at radius 2 is 2.00 bits per heavy atom. The van der Waals surface area contributed by atoms with E-state index < -0.39 is 0 Å². The van der Waals surface area contributed by atoms with Gasteiger partial charge in [0.25, 0.3) is 0 Å². The molecule has 0 amide bonds. The topological polar surface area (TPSA) is 33.3 Å². The first-order valence-corrected chi connectivity index (χ1v) is 5.86. The maximum atomic E-state index is 5.63. The molecule has 0 aromatic heterocycles. The van der Waals surface area contributed by atoms with Gasteiger partial charge in [0.15, 0.2) is 0 Å². The summed E-state index contributed by atoms with van der Waals surface area (Å²) in [6.45, 7) is 9.13. The van der Waals surface area contributed by atoms with Gasteiger partial charge in [-0.05, 0) is 24.5 Å². The Morgan fingerprint density at radius 3 is 2.75 bits per heavy atom. The lowest BCUT2D eigenvalue weighted by molar-refractivity contribution is 0.341. The van der Waals surface area contributed by atoms with Gasteiger partial charge in [-0.1, -0.05) is 19.9 Å². The zero-order valence-corrected chi connectivity index (χ0v) is 10.3. The van der Waals surface area contributed by atoms with Gasteiger partial charge in [0, 0.05) is 13.1 Å². The van der Waals surface area contributed by atoms with E-state index in [1.807, 2.05) is 19.1 Å². The molecule has 0 aliphatic carbocycles. The third-order valence-electron chi connectivity index (χ3n) is 2.83. The van der Waals surface area contributed by atoms with E-state index in [0.717, 1.165) is 30.2 Å². The van der Waals surface area contributed by atoms with E-state index in [9.17, 15) is 0 Å². The smallest absolute Gasteiger partial charge is 0.144 e. The summed E-state index contributed by atoms with van der Waals surface area (Å²) < 4.78 is 5.63. The van der Waals surface area contributed by atoms with Crippen LogP contribution >= 0.6 is 0 Å². The highest BCUT2D eigenvalue weighted by Crippen LogP contribution is 2.36. The maximum Gasteiger partial charge on any atom is 0.144 e. The second-order valence-electron chi connectivity index (χ2n) is 4.98. The molecule has 0 radical (unpaired) electrons. The van der Waals surface area contributed by atoms with Gasteiger partial charge in [0.2, 0.25) is 0 Å². The quantitative estimate of drug-likeness (QED) is 0.804. The Kier molecular flexibility index (Phi) is 2.95. The van der Waals surface area contributed by atoms with Crippen LogP contribution in [0.15, 0.2) is 18.2 Å². The number of rotatable bonds is 2. The van der Waals surface area contributed by atoms with Crippen LogP contribution in [0.1, 0.15) is 20.8 Å². The number of para-hydroxylation sites is 1. The van der Waals surface area contributed by atoms with Gasteiger partial charge in [-0.15, -0.1) is 0 Å². The molecule has 2 rings (SSSR count). The molecule has 0 bridgehead atoms. The maximum absolute atomic E-state index is 5.63. The van der Waals surface area contributed by atoms with E-state index in [4.69, 9.17) is 4.74 Å². The molecular formula is C13H20N2O. The molecule has 3 nitrogen and oxygen atoms in total. The minimum Gasteiger partial charge on any atom is -0.492 e. The molecule has 0 saturated heterocycles. The summed E-state index contributed by atoms with van der Waals surface area (Å²) in [5.74, 6) is 0.935. The zero-order valence-electron chi connectivity index (χ0n) is 10.3. The number of hydrogen-bond donors (Lipinski definition) is 2. The largest absolute Gasteiger partial charge is 0.492 e. The second kappa shape index (κ2) is 4.24. The summed E-state index contributed by atoms with van der Waals surface area (Å²) in [6, 6.07) is 6.12. The molecule has 0 fully saturated rings. The minimum absolute atomic E-state index is 0.252. The zero-order chi connectivity index (χ0) is 11.6. The van der Waals surface area contributed by atoms with Gasteiger partial charge >= 0.3 is 0 Å². The molecule has 2 N–H and O–H groups in total. The molecule has 1 aliphatic heterocycles. The average molecular weight is 220 g/mol. The second-order valence-corrected chi connectivity index (χ2v) is 4.98. The van der Waals surface area contributed by atoms with Crippen molar-refractivity contribution in [2.45, 2.75) is 20.8 Å². The van der Waals surface area contributed by atoms with E-state index in [-0.39, 0.29) is 5.41 Å². The molecule has 16 heavy (non-hydrogen) atoms. The van der Waals surface area contributed by atoms with E-state index in [2.05, 4.69) is 30.5 Å². The van der Waals surface area contributed by atoms with Crippen molar-refractivity contribution < 1.29 is 4.74 Å². The van der Waals surface area contributed by atoms with Gasteiger partial charge in [-0.2, -0.15) is 0 Å². The van der Waals surface area contributed by atoms with E-state index in [1.165, 1.54) is 0 Å². The van der Waals surface area contributed by atoms with Crippen molar-refractivity contribution in [3.8, 4) is 5.75 Å². The number of benzene rings is 1. The molecule has 3 heteroatoms. The lowest BCUT2D eigenvalue weighted by Gasteiger charge is -2.21. The van der Waals surface area contributed by atoms with Crippen LogP contribution in [0.3, 0.4) is 0 Å². The minimum atomic E-state index is 0.252. The third-order valence-corrected chi connectivity index (χ3v) is 2.83. The summed E-state index contributed by atoms with van der Waals surface area (Å²) in [5.41, 5.74) is 2.48. The van der Waals surface area contributed by atoms with Crippen LogP contribution in [-0.2, 0) is 0 Å². The molecule has 0 saturated carbocycles. The first-order chi connectivity index (χ1) is 7.62. The van der Waals surface area contributed by atoms with Crippen molar-refractivity contribution in [1.82, 2.24) is 0 Å². The number of hydrogen-bond acceptors (Lipinski definition) is 3. The summed E-state index contributed by atoms with van der Waals surface area (Å²) in [7, 11) is 0. The summed E-state index contributed by atoms with van der Waals surface area (Å²) in [5, 5.41) is 6.95. The van der Waals surface area contributed by atoms with Gasteiger partial charge < -0.3 is 15.4 Å². The fourth-order valence-electron chi connectivity index (χ4n) is 1.86. The SMILES string of the molecule is CCOc1cccc2c1NCC(C)(C)CN2. The highest BCUT2D eigenvalue weighted by atomic mass is 16.5. The summed E-state index contributed by atoms with van der Waals surface area (Å²) in [4.78, 5) is 0. The van der Waals surface area contributed by atoms with Gasteiger partial charge in [-0.25, -0.2) is 0 Å². The molecule has 1 heterocycles. The van der Waals surface area contributed by atoms with E-state index >= 15 is 0 Å². The standard InChI is InChI=1S/C13H20N2O/c1-4-16-11-7-5-6-10-12(11)15-9-13(2,3)8-14-10/h5-7,14-15H,4,8-9H2,1-3H3. The Hall–Kier alpha value is -1.38. The lowest BCUT2D eigenvalue weighted by Crippen LogP contribution is -2.27. The fraction of sp³-hybridized carbons (Fsp3) is 0.538. The van der Waals surface area contributed by atoms with Crippen LogP contribution in [0.4, 0.5) is 11.4 Å². The van der Waals surface area contributed by atoms with Crippen LogP contribution in [0.5, 0.6) is 5.75 Å². The predicted octanol–water partition coefficient (Wildman–Crippen LogP) is 2.95. The van der Waals surface area contributed by atoms with Gasteiger partial charge in [0.1, 0.15) is 11.4 Å². The van der Waals surface area contributed by atoms with Crippen LogP contribution in [0.2, 0.25) is 0 Å². The highest BCUT2D eigenvalue weighted by Gasteiger charge is 2.23. The number of ether oxygens (including phenoxy) is 1. The predicted molar refractivity (Wildman–Crippen MR) is 68.4 cm³/mol. The van der Waals surface area contributed by atoms with Crippen molar-refractivity contribution in [3.63, 3.8) is 0 Å². The average Bonchev–Trinajstić information content (AvgIpc) is 2.40. The van der Waals surface area contributed by atoms with Crippen LogP contribution < -0.4 is 15.4 Å². The van der Waals surface area contributed by atoms with Gasteiger partial charge in [0.05, 0.1) is 12.3 Å². The molecule has 1 aromatic rings. The number of fused-ring (bicyclic) bond motifs is 1. The Balaban J connectivity index is 2.30. The van der Waals surface area contributed by atoms with Crippen LogP contribution in [0, 0.1) is 5.41 Å². The van der Waals surface area contributed by atoms with Gasteiger partial charge in [-0.3, -0.25) is 0 Å². The first-order valence-electron chi connectivity index (χ1n) is 5.86. The lowest BCUT2D eigenvalue weighted by atomic mass is 9.94. The molecule has 1 aromatic carbocycles. The van der Waals surface area contributed by atoms with Crippen molar-refractivity contribution in [2.24, 2.45) is 5.41 Å². The Labute approximate surface area is 97.2 Å². The van der Waals surface area contributed by atoms with Crippen LogP contribution in [0.25, 0.3) is 0 Å². The first kappa shape index (κ1) is 11.1. The Morgan fingerprint density at radius 1 is 1.25 bits per heavy atom.